The molecule has 0 aliphatic carbocycles. The first kappa shape index (κ1) is 23.1. The summed E-state index contributed by atoms with van der Waals surface area (Å²) in [5.74, 6) is -0.813. The van der Waals surface area contributed by atoms with Crippen molar-refractivity contribution < 1.29 is 19.3 Å². The van der Waals surface area contributed by atoms with Gasteiger partial charge < -0.3 is 9.80 Å². The van der Waals surface area contributed by atoms with Gasteiger partial charge in [0.1, 0.15) is 5.56 Å². The average molecular weight is 486 g/mol. The lowest BCUT2D eigenvalue weighted by Gasteiger charge is -2.35. The van der Waals surface area contributed by atoms with Crippen molar-refractivity contribution in [2.24, 2.45) is 0 Å². The first-order valence-electron chi connectivity index (χ1n) is 11.5. The third-order valence-electron chi connectivity index (χ3n) is 6.40. The van der Waals surface area contributed by atoms with Crippen LogP contribution in [0.2, 0.25) is 0 Å². The molecule has 2 aliphatic rings. The van der Waals surface area contributed by atoms with Crippen molar-refractivity contribution in [1.29, 1.82) is 0 Å². The molecule has 1 fully saturated rings. The molecule has 36 heavy (non-hydrogen) atoms. The van der Waals surface area contributed by atoms with E-state index in [9.17, 15) is 24.5 Å². The van der Waals surface area contributed by atoms with Crippen LogP contribution in [-0.2, 0) is 4.79 Å². The molecule has 0 atom stereocenters. The molecule has 1 aromatic heterocycles. The summed E-state index contributed by atoms with van der Waals surface area (Å²) in [7, 11) is 0. The maximum Gasteiger partial charge on any atom is 0.282 e. The van der Waals surface area contributed by atoms with Gasteiger partial charge in [-0.2, -0.15) is 0 Å². The molecule has 3 heterocycles. The second kappa shape index (κ2) is 9.53. The molecule has 0 unspecified atom stereocenters. The Hall–Kier alpha value is -4.67. The molecule has 11 heteroatoms. The highest BCUT2D eigenvalue weighted by Gasteiger charge is 2.41. The molecule has 2 aromatic carbocycles. The molecule has 2 aliphatic heterocycles. The molecule has 182 valence electrons. The van der Waals surface area contributed by atoms with E-state index in [4.69, 9.17) is 0 Å². The van der Waals surface area contributed by atoms with E-state index in [-0.39, 0.29) is 30.0 Å². The van der Waals surface area contributed by atoms with Crippen LogP contribution in [0.3, 0.4) is 0 Å². The van der Waals surface area contributed by atoms with Crippen LogP contribution in [0.1, 0.15) is 27.1 Å². The maximum atomic E-state index is 12.8. The highest BCUT2D eigenvalue weighted by molar-refractivity contribution is 6.23. The number of nitro groups is 1. The molecule has 0 spiro atoms. The van der Waals surface area contributed by atoms with E-state index in [0.29, 0.717) is 26.2 Å². The molecule has 0 saturated carbocycles. The van der Waals surface area contributed by atoms with Gasteiger partial charge in [-0.15, -0.1) is 10.2 Å². The van der Waals surface area contributed by atoms with Gasteiger partial charge in [-0.05, 0) is 18.2 Å². The lowest BCUT2D eigenvalue weighted by atomic mass is 10.1. The first-order valence-corrected chi connectivity index (χ1v) is 11.5. The molecule has 0 N–H and O–H groups in total. The fourth-order valence-corrected chi connectivity index (χ4v) is 4.48. The topological polar surface area (TPSA) is 130 Å². The number of imide groups is 1. The molecule has 3 aromatic rings. The van der Waals surface area contributed by atoms with Gasteiger partial charge >= 0.3 is 0 Å². The summed E-state index contributed by atoms with van der Waals surface area (Å²) >= 11 is 0. The fourth-order valence-electron chi connectivity index (χ4n) is 4.48. The third kappa shape index (κ3) is 4.26. The molecule has 0 bridgehead atoms. The Bertz CT molecular complexity index is 1340. The highest BCUT2D eigenvalue weighted by Crippen LogP contribution is 2.30. The van der Waals surface area contributed by atoms with Crippen LogP contribution >= 0.6 is 0 Å². The minimum absolute atomic E-state index is 0.00495. The Morgan fingerprint density at radius 3 is 2.31 bits per heavy atom. The second-order valence-electron chi connectivity index (χ2n) is 8.48. The first-order chi connectivity index (χ1) is 17.4. The largest absolute Gasteiger partial charge is 0.352 e. The molecule has 0 radical (unpaired) electrons. The summed E-state index contributed by atoms with van der Waals surface area (Å²) in [5.41, 5.74) is 1.14. The van der Waals surface area contributed by atoms with Gasteiger partial charge in [-0.25, -0.2) is 0 Å². The van der Waals surface area contributed by atoms with Gasteiger partial charge in [-0.3, -0.25) is 29.4 Å². The number of hydrogen-bond donors (Lipinski definition) is 0. The van der Waals surface area contributed by atoms with E-state index in [1.165, 1.54) is 18.2 Å². The smallest absolute Gasteiger partial charge is 0.282 e. The number of hydrogen-bond acceptors (Lipinski definition) is 8. The zero-order chi connectivity index (χ0) is 25.2. The number of carbonyl (C=O) groups excluding carboxylic acids is 3. The number of benzene rings is 2. The van der Waals surface area contributed by atoms with Crippen LogP contribution < -0.4 is 4.90 Å². The van der Waals surface area contributed by atoms with Crippen molar-refractivity contribution in [3.63, 3.8) is 0 Å². The Kier molecular flexibility index (Phi) is 6.11. The number of rotatable bonds is 6. The standard InChI is InChI=1S/C25H22N6O5/c32-22(11-12-30-24(33)18-7-4-8-20(31(35)36)23(18)25(30)34)29-15-13-28(14-16-29)21-10-9-19(26-27-21)17-5-2-1-3-6-17/h1-10H,11-16H2. The average Bonchev–Trinajstić information content (AvgIpc) is 3.17. The number of amides is 3. The van der Waals surface area contributed by atoms with E-state index in [1.807, 2.05) is 42.5 Å². The molecule has 5 rings (SSSR count). The van der Waals surface area contributed by atoms with E-state index in [2.05, 4.69) is 15.1 Å². The highest BCUT2D eigenvalue weighted by atomic mass is 16.6. The van der Waals surface area contributed by atoms with Crippen molar-refractivity contribution in [3.8, 4) is 11.3 Å². The quantitative estimate of drug-likeness (QED) is 0.295. The normalized spacial score (nSPS) is 15.3. The Labute approximate surface area is 206 Å². The van der Waals surface area contributed by atoms with Gasteiger partial charge in [0.2, 0.25) is 5.91 Å². The summed E-state index contributed by atoms with van der Waals surface area (Å²) in [6.45, 7) is 1.95. The summed E-state index contributed by atoms with van der Waals surface area (Å²) in [5, 5.41) is 19.9. The van der Waals surface area contributed by atoms with Crippen molar-refractivity contribution in [2.45, 2.75) is 6.42 Å². The van der Waals surface area contributed by atoms with Gasteiger partial charge in [0.25, 0.3) is 17.5 Å². The zero-order valence-electron chi connectivity index (χ0n) is 19.2. The molecular formula is C25H22N6O5. The molecular weight excluding hydrogens is 464 g/mol. The molecule has 11 nitrogen and oxygen atoms in total. The van der Waals surface area contributed by atoms with Crippen LogP contribution in [0.25, 0.3) is 11.3 Å². The van der Waals surface area contributed by atoms with Crippen molar-refractivity contribution in [3.05, 3.63) is 81.9 Å². The van der Waals surface area contributed by atoms with E-state index in [0.717, 1.165) is 22.0 Å². The molecule has 3 amide bonds. The molecule has 1 saturated heterocycles. The lowest BCUT2D eigenvalue weighted by Crippen LogP contribution is -2.49. The summed E-state index contributed by atoms with van der Waals surface area (Å²) in [4.78, 5) is 53.3. The van der Waals surface area contributed by atoms with Crippen LogP contribution in [-0.4, -0.2) is 75.4 Å². The maximum absolute atomic E-state index is 12.8. The Balaban J connectivity index is 1.16. The SMILES string of the molecule is O=C(CCN1C(=O)c2cccc([N+](=O)[O-])c2C1=O)N1CCN(c2ccc(-c3ccccc3)nn2)CC1. The van der Waals surface area contributed by atoms with Gasteiger partial charge in [-0.1, -0.05) is 36.4 Å². The van der Waals surface area contributed by atoms with Crippen molar-refractivity contribution in [1.82, 2.24) is 20.0 Å². The number of nitro benzene ring substituents is 1. The second-order valence-corrected chi connectivity index (χ2v) is 8.48. The van der Waals surface area contributed by atoms with Gasteiger partial charge in [0.05, 0.1) is 16.2 Å². The number of piperazine rings is 1. The monoisotopic (exact) mass is 486 g/mol. The van der Waals surface area contributed by atoms with Crippen molar-refractivity contribution in [2.75, 3.05) is 37.6 Å². The van der Waals surface area contributed by atoms with Gasteiger partial charge in [0.15, 0.2) is 5.82 Å². The minimum atomic E-state index is -0.738. The summed E-state index contributed by atoms with van der Waals surface area (Å²) in [6, 6.07) is 17.5. The summed E-state index contributed by atoms with van der Waals surface area (Å²) in [6.07, 6.45) is -0.0507. The number of nitrogens with zero attached hydrogens (tertiary/aromatic N) is 6. The minimum Gasteiger partial charge on any atom is -0.352 e. The fraction of sp³-hybridized carbons (Fsp3) is 0.240. The number of fused-ring (bicyclic) bond motifs is 1. The number of anilines is 1. The number of aromatic nitrogens is 2. The lowest BCUT2D eigenvalue weighted by molar-refractivity contribution is -0.385. The van der Waals surface area contributed by atoms with Crippen LogP contribution in [0.4, 0.5) is 11.5 Å². The van der Waals surface area contributed by atoms with E-state index < -0.39 is 22.4 Å². The van der Waals surface area contributed by atoms with Crippen LogP contribution in [0.15, 0.2) is 60.7 Å². The zero-order valence-corrected chi connectivity index (χ0v) is 19.2. The Morgan fingerprint density at radius 2 is 1.64 bits per heavy atom. The van der Waals surface area contributed by atoms with E-state index >= 15 is 0 Å². The van der Waals surface area contributed by atoms with E-state index in [1.54, 1.807) is 4.90 Å². The summed E-state index contributed by atoms with van der Waals surface area (Å²) < 4.78 is 0. The number of carbonyl (C=O) groups is 3. The van der Waals surface area contributed by atoms with Crippen molar-refractivity contribution >= 4 is 29.2 Å². The van der Waals surface area contributed by atoms with Gasteiger partial charge in [0, 0.05) is 50.8 Å². The third-order valence-corrected chi connectivity index (χ3v) is 6.40. The van der Waals surface area contributed by atoms with Crippen LogP contribution in [0.5, 0.6) is 0 Å². The van der Waals surface area contributed by atoms with Crippen LogP contribution in [0, 0.1) is 10.1 Å². The Morgan fingerprint density at radius 1 is 0.889 bits per heavy atom. The predicted molar refractivity (Wildman–Crippen MR) is 129 cm³/mol. The predicted octanol–water partition coefficient (Wildman–Crippen LogP) is 2.39.